The SMILES string of the molecule is COC(=O)C1CCCCC1.NSc1ccc(Cl)c([N+](=O)[O-])c1. The Morgan fingerprint density at radius 3 is 2.55 bits per heavy atom. The van der Waals surface area contributed by atoms with Crippen LogP contribution in [-0.2, 0) is 9.53 Å². The second-order valence-corrected chi connectivity index (χ2v) is 5.96. The van der Waals surface area contributed by atoms with Crippen molar-refractivity contribution in [1.29, 1.82) is 0 Å². The summed E-state index contributed by atoms with van der Waals surface area (Å²) in [6.45, 7) is 0. The van der Waals surface area contributed by atoms with Gasteiger partial charge in [0.05, 0.1) is 18.0 Å². The lowest BCUT2D eigenvalue weighted by molar-refractivity contribution is -0.384. The van der Waals surface area contributed by atoms with Gasteiger partial charge in [0, 0.05) is 11.0 Å². The first-order chi connectivity index (χ1) is 10.5. The third-order valence-electron chi connectivity index (χ3n) is 3.39. The Hall–Kier alpha value is -1.31. The van der Waals surface area contributed by atoms with E-state index in [-0.39, 0.29) is 22.6 Å². The van der Waals surface area contributed by atoms with Gasteiger partial charge in [-0.25, -0.2) is 0 Å². The van der Waals surface area contributed by atoms with Crippen LogP contribution in [0.2, 0.25) is 5.02 Å². The van der Waals surface area contributed by atoms with Gasteiger partial charge in [0.1, 0.15) is 5.02 Å². The quantitative estimate of drug-likeness (QED) is 0.385. The minimum Gasteiger partial charge on any atom is -0.469 e. The maximum atomic E-state index is 10.9. The molecule has 6 nitrogen and oxygen atoms in total. The molecule has 1 saturated carbocycles. The lowest BCUT2D eigenvalue weighted by Gasteiger charge is -2.18. The summed E-state index contributed by atoms with van der Waals surface area (Å²) in [5.41, 5.74) is -0.118. The van der Waals surface area contributed by atoms with Crippen molar-refractivity contribution in [3.63, 3.8) is 0 Å². The number of nitro benzene ring substituents is 1. The predicted molar refractivity (Wildman–Crippen MR) is 86.7 cm³/mol. The molecule has 22 heavy (non-hydrogen) atoms. The van der Waals surface area contributed by atoms with Gasteiger partial charge in [-0.15, -0.1) is 0 Å². The summed E-state index contributed by atoms with van der Waals surface area (Å²) in [5.74, 6) is 0.193. The number of hydrogen-bond donors (Lipinski definition) is 1. The first-order valence-corrected chi connectivity index (χ1v) is 8.13. The second kappa shape index (κ2) is 9.66. The van der Waals surface area contributed by atoms with Gasteiger partial charge in [0.2, 0.25) is 0 Å². The zero-order chi connectivity index (χ0) is 16.5. The van der Waals surface area contributed by atoms with Crippen molar-refractivity contribution in [1.82, 2.24) is 0 Å². The average molecular weight is 347 g/mol. The zero-order valence-corrected chi connectivity index (χ0v) is 13.9. The minimum atomic E-state index is -0.540. The fraction of sp³-hybridized carbons (Fsp3) is 0.500. The lowest BCUT2D eigenvalue weighted by Crippen LogP contribution is -2.18. The number of rotatable bonds is 3. The van der Waals surface area contributed by atoms with Crippen LogP contribution < -0.4 is 5.14 Å². The molecule has 0 bridgehead atoms. The summed E-state index contributed by atoms with van der Waals surface area (Å²) in [6, 6.07) is 4.42. The van der Waals surface area contributed by atoms with Gasteiger partial charge in [-0.3, -0.25) is 20.0 Å². The third-order valence-corrected chi connectivity index (χ3v) is 4.24. The summed E-state index contributed by atoms with van der Waals surface area (Å²) < 4.78 is 4.65. The van der Waals surface area contributed by atoms with E-state index >= 15 is 0 Å². The molecule has 0 saturated heterocycles. The van der Waals surface area contributed by atoms with Crippen molar-refractivity contribution in [2.24, 2.45) is 11.1 Å². The van der Waals surface area contributed by atoms with Gasteiger partial charge in [-0.05, 0) is 36.9 Å². The standard InChI is InChI=1S/C8H14O2.C6H5ClN2O2S/c1-10-8(9)7-5-3-2-4-6-7;7-5-2-1-4(12-8)3-6(5)9(10)11/h7H,2-6H2,1H3;1-3H,8H2. The largest absolute Gasteiger partial charge is 0.469 e. The molecule has 1 aromatic carbocycles. The van der Waals surface area contributed by atoms with Crippen LogP contribution in [0, 0.1) is 16.0 Å². The van der Waals surface area contributed by atoms with Gasteiger partial charge in [0.25, 0.3) is 5.69 Å². The Labute approximate surface area is 138 Å². The average Bonchev–Trinajstić information content (AvgIpc) is 2.55. The predicted octanol–water partition coefficient (Wildman–Crippen LogP) is 3.95. The smallest absolute Gasteiger partial charge is 0.308 e. The molecule has 2 N–H and O–H groups in total. The van der Waals surface area contributed by atoms with Crippen LogP contribution in [0.25, 0.3) is 0 Å². The second-order valence-electron chi connectivity index (χ2n) is 4.85. The molecule has 8 heteroatoms. The number of esters is 1. The van der Waals surface area contributed by atoms with Crippen molar-refractivity contribution in [3.8, 4) is 0 Å². The van der Waals surface area contributed by atoms with Crippen LogP contribution in [0.4, 0.5) is 5.69 Å². The molecule has 1 aromatic rings. The van der Waals surface area contributed by atoms with Crippen LogP contribution in [0.15, 0.2) is 23.1 Å². The highest BCUT2D eigenvalue weighted by Gasteiger charge is 2.20. The number of ether oxygens (including phenoxy) is 1. The maximum absolute atomic E-state index is 10.9. The molecule has 0 spiro atoms. The van der Waals surface area contributed by atoms with E-state index in [4.69, 9.17) is 16.7 Å². The number of carbonyl (C=O) groups is 1. The molecule has 1 fully saturated rings. The van der Waals surface area contributed by atoms with Crippen LogP contribution >= 0.6 is 23.5 Å². The van der Waals surface area contributed by atoms with Gasteiger partial charge < -0.3 is 4.74 Å². The Kier molecular flexibility index (Phi) is 8.22. The Morgan fingerprint density at radius 2 is 2.05 bits per heavy atom. The first-order valence-electron chi connectivity index (χ1n) is 6.88. The van der Waals surface area contributed by atoms with Gasteiger partial charge in [-0.1, -0.05) is 30.9 Å². The highest BCUT2D eigenvalue weighted by molar-refractivity contribution is 7.97. The fourth-order valence-corrected chi connectivity index (χ4v) is 2.72. The van der Waals surface area contributed by atoms with Crippen LogP contribution in [-0.4, -0.2) is 18.0 Å². The molecular formula is C14H19ClN2O4S. The van der Waals surface area contributed by atoms with Crippen molar-refractivity contribution in [2.75, 3.05) is 7.11 Å². The number of nitrogens with zero attached hydrogens (tertiary/aromatic N) is 1. The van der Waals surface area contributed by atoms with Crippen LogP contribution in [0.5, 0.6) is 0 Å². The van der Waals surface area contributed by atoms with E-state index in [0.29, 0.717) is 4.90 Å². The summed E-state index contributed by atoms with van der Waals surface area (Å²) in [6.07, 6.45) is 5.74. The van der Waals surface area contributed by atoms with Crippen molar-refractivity contribution in [2.45, 2.75) is 37.0 Å². The number of nitro groups is 1. The number of methoxy groups -OCH3 is 1. The fourth-order valence-electron chi connectivity index (χ4n) is 2.21. The normalized spacial score (nSPS) is 14.7. The Morgan fingerprint density at radius 1 is 1.41 bits per heavy atom. The van der Waals surface area contributed by atoms with Crippen molar-refractivity contribution < 1.29 is 14.5 Å². The molecule has 0 heterocycles. The van der Waals surface area contributed by atoms with Crippen molar-refractivity contribution in [3.05, 3.63) is 33.3 Å². The molecule has 1 aliphatic rings. The van der Waals surface area contributed by atoms with Gasteiger partial charge in [0.15, 0.2) is 0 Å². The monoisotopic (exact) mass is 346 g/mol. The maximum Gasteiger partial charge on any atom is 0.308 e. The topological polar surface area (TPSA) is 95.5 Å². The van der Waals surface area contributed by atoms with E-state index in [1.54, 1.807) is 6.07 Å². The lowest BCUT2D eigenvalue weighted by atomic mass is 9.89. The third kappa shape index (κ3) is 5.82. The number of hydrogen-bond acceptors (Lipinski definition) is 6. The molecular weight excluding hydrogens is 328 g/mol. The summed E-state index contributed by atoms with van der Waals surface area (Å²) >= 11 is 6.50. The van der Waals surface area contributed by atoms with E-state index in [2.05, 4.69) is 4.74 Å². The molecule has 2 rings (SSSR count). The molecule has 122 valence electrons. The highest BCUT2D eigenvalue weighted by atomic mass is 35.5. The minimum absolute atomic E-state index is 0.0142. The van der Waals surface area contributed by atoms with E-state index in [1.807, 2.05) is 0 Å². The van der Waals surface area contributed by atoms with Gasteiger partial charge >= 0.3 is 5.97 Å². The van der Waals surface area contributed by atoms with E-state index in [9.17, 15) is 14.9 Å². The van der Waals surface area contributed by atoms with Gasteiger partial charge in [-0.2, -0.15) is 0 Å². The number of nitrogens with two attached hydrogens (primary N) is 1. The zero-order valence-electron chi connectivity index (χ0n) is 12.3. The molecule has 0 aromatic heterocycles. The first kappa shape index (κ1) is 18.7. The number of halogens is 1. The van der Waals surface area contributed by atoms with E-state index in [1.165, 1.54) is 38.5 Å². The molecule has 0 atom stereocenters. The van der Waals surface area contributed by atoms with E-state index in [0.717, 1.165) is 24.8 Å². The molecule has 1 aliphatic carbocycles. The molecule has 0 amide bonds. The summed E-state index contributed by atoms with van der Waals surface area (Å²) in [7, 11) is 1.47. The van der Waals surface area contributed by atoms with Crippen LogP contribution in [0.3, 0.4) is 0 Å². The number of carbonyl (C=O) groups excluding carboxylic acids is 1. The molecule has 0 radical (unpaired) electrons. The van der Waals surface area contributed by atoms with Crippen molar-refractivity contribution >= 4 is 35.2 Å². The summed E-state index contributed by atoms with van der Waals surface area (Å²) in [5, 5.41) is 15.7. The molecule has 0 aliphatic heterocycles. The number of benzene rings is 1. The van der Waals surface area contributed by atoms with E-state index < -0.39 is 4.92 Å². The summed E-state index contributed by atoms with van der Waals surface area (Å²) in [4.78, 5) is 21.4. The molecule has 0 unspecified atom stereocenters. The Bertz CT molecular complexity index is 522. The highest BCUT2D eigenvalue weighted by Crippen LogP contribution is 2.27. The van der Waals surface area contributed by atoms with Crippen LogP contribution in [0.1, 0.15) is 32.1 Å². The Balaban J connectivity index is 0.000000224.